The van der Waals surface area contributed by atoms with Gasteiger partial charge in [-0.1, -0.05) is 31.2 Å². The van der Waals surface area contributed by atoms with Crippen molar-refractivity contribution in [3.05, 3.63) is 88.7 Å². The number of ether oxygens (including phenoxy) is 2. The lowest BCUT2D eigenvalue weighted by molar-refractivity contribution is 0.0934. The van der Waals surface area contributed by atoms with Gasteiger partial charge in [-0.25, -0.2) is 4.39 Å². The number of anilines is 1. The number of aryl methyl sites for hydroxylation is 1. The summed E-state index contributed by atoms with van der Waals surface area (Å²) in [4.78, 5) is 25.5. The van der Waals surface area contributed by atoms with E-state index in [1.54, 1.807) is 24.3 Å². The Hall–Kier alpha value is -3.87. The van der Waals surface area contributed by atoms with Crippen molar-refractivity contribution < 1.29 is 23.5 Å². The Morgan fingerprint density at radius 3 is 2.48 bits per heavy atom. The molecule has 0 saturated carbocycles. The highest BCUT2D eigenvalue weighted by atomic mass is 19.1. The molecule has 0 saturated heterocycles. The summed E-state index contributed by atoms with van der Waals surface area (Å²) in [5, 5.41) is 5.75. The Morgan fingerprint density at radius 2 is 1.73 bits per heavy atom. The number of amides is 2. The predicted molar refractivity (Wildman–Crippen MR) is 123 cm³/mol. The molecule has 0 aliphatic carbocycles. The monoisotopic (exact) mass is 448 g/mol. The van der Waals surface area contributed by atoms with Gasteiger partial charge in [-0.15, -0.1) is 0 Å². The van der Waals surface area contributed by atoms with Gasteiger partial charge >= 0.3 is 0 Å². The molecule has 4 rings (SSSR count). The van der Waals surface area contributed by atoms with Crippen LogP contribution in [-0.4, -0.2) is 25.0 Å². The van der Waals surface area contributed by atoms with Gasteiger partial charge in [-0.05, 0) is 60.9 Å². The maximum atomic E-state index is 14.0. The molecule has 1 atom stereocenters. The zero-order valence-electron chi connectivity index (χ0n) is 18.5. The lowest BCUT2D eigenvalue weighted by Crippen LogP contribution is -2.28. The van der Waals surface area contributed by atoms with E-state index in [-0.39, 0.29) is 17.5 Å². The number of carbonyl (C=O) groups is 2. The molecule has 0 fully saturated rings. The molecule has 0 radical (unpaired) electrons. The molecule has 3 aromatic rings. The molecule has 1 unspecified atom stereocenters. The Balaban J connectivity index is 1.51. The van der Waals surface area contributed by atoms with Gasteiger partial charge < -0.3 is 20.1 Å². The van der Waals surface area contributed by atoms with Crippen LogP contribution in [-0.2, 0) is 0 Å². The van der Waals surface area contributed by atoms with E-state index in [9.17, 15) is 14.0 Å². The molecule has 0 aromatic heterocycles. The lowest BCUT2D eigenvalue weighted by Gasteiger charge is -2.22. The number of rotatable bonds is 6. The summed E-state index contributed by atoms with van der Waals surface area (Å²) in [6.07, 6.45) is 0.675. The largest absolute Gasteiger partial charge is 0.486 e. The zero-order valence-corrected chi connectivity index (χ0v) is 18.5. The summed E-state index contributed by atoms with van der Waals surface area (Å²) >= 11 is 0. The van der Waals surface area contributed by atoms with Crippen LogP contribution in [0.1, 0.15) is 51.2 Å². The van der Waals surface area contributed by atoms with Gasteiger partial charge in [0.15, 0.2) is 11.5 Å². The number of halogens is 1. The predicted octanol–water partition coefficient (Wildman–Crippen LogP) is 5.04. The summed E-state index contributed by atoms with van der Waals surface area (Å²) in [7, 11) is 0. The van der Waals surface area contributed by atoms with Crippen molar-refractivity contribution in [3.8, 4) is 11.5 Å². The summed E-state index contributed by atoms with van der Waals surface area (Å²) in [5.41, 5.74) is 2.45. The van der Waals surface area contributed by atoms with Gasteiger partial charge in [-0.2, -0.15) is 0 Å². The van der Waals surface area contributed by atoms with Crippen molar-refractivity contribution in [2.24, 2.45) is 0 Å². The molecule has 6 nitrogen and oxygen atoms in total. The van der Waals surface area contributed by atoms with E-state index in [2.05, 4.69) is 10.6 Å². The molecule has 170 valence electrons. The van der Waals surface area contributed by atoms with Crippen molar-refractivity contribution in [2.45, 2.75) is 26.3 Å². The van der Waals surface area contributed by atoms with Gasteiger partial charge in [0.25, 0.3) is 11.8 Å². The second-order valence-corrected chi connectivity index (χ2v) is 7.80. The molecule has 0 spiro atoms. The molecule has 7 heteroatoms. The van der Waals surface area contributed by atoms with Crippen molar-refractivity contribution >= 4 is 17.5 Å². The molecule has 1 aliphatic rings. The van der Waals surface area contributed by atoms with Crippen LogP contribution in [0.3, 0.4) is 0 Å². The zero-order chi connectivity index (χ0) is 23.4. The molecule has 2 N–H and O–H groups in total. The highest BCUT2D eigenvalue weighted by Gasteiger charge is 2.19. The third-order valence-corrected chi connectivity index (χ3v) is 5.55. The Bertz CT molecular complexity index is 1190. The van der Waals surface area contributed by atoms with Crippen LogP contribution in [0.5, 0.6) is 11.5 Å². The number of nitrogens with one attached hydrogen (secondary N) is 2. The van der Waals surface area contributed by atoms with Gasteiger partial charge in [-0.3, -0.25) is 9.59 Å². The maximum Gasteiger partial charge on any atom is 0.258 e. The number of fused-ring (bicyclic) bond motifs is 1. The van der Waals surface area contributed by atoms with Crippen LogP contribution >= 0.6 is 0 Å². The van der Waals surface area contributed by atoms with Crippen molar-refractivity contribution in [3.63, 3.8) is 0 Å². The topological polar surface area (TPSA) is 76.7 Å². The number of carbonyl (C=O) groups excluding carboxylic acids is 2. The minimum absolute atomic E-state index is 0.0589. The van der Waals surface area contributed by atoms with Crippen LogP contribution in [0, 0.1) is 12.7 Å². The van der Waals surface area contributed by atoms with Crippen LogP contribution in [0.4, 0.5) is 10.1 Å². The summed E-state index contributed by atoms with van der Waals surface area (Å²) in [6.45, 7) is 4.80. The van der Waals surface area contributed by atoms with E-state index in [0.717, 1.165) is 11.1 Å². The fraction of sp³-hybridized carbons (Fsp3) is 0.231. The number of hydrogen-bond donors (Lipinski definition) is 2. The Labute approximate surface area is 191 Å². The summed E-state index contributed by atoms with van der Waals surface area (Å²) in [5.74, 6) is -0.0961. The van der Waals surface area contributed by atoms with E-state index < -0.39 is 11.7 Å². The van der Waals surface area contributed by atoms with Crippen LogP contribution < -0.4 is 20.1 Å². The third kappa shape index (κ3) is 4.98. The van der Waals surface area contributed by atoms with Gasteiger partial charge in [0, 0.05) is 11.3 Å². The quantitative estimate of drug-likeness (QED) is 0.554. The van der Waals surface area contributed by atoms with Crippen LogP contribution in [0.25, 0.3) is 0 Å². The minimum Gasteiger partial charge on any atom is -0.486 e. The van der Waals surface area contributed by atoms with Crippen LogP contribution in [0.2, 0.25) is 0 Å². The number of hydrogen-bond acceptors (Lipinski definition) is 4. The SMILES string of the molecule is CCC(NC(=O)c1ccc(C)c(NC(=O)c2ccccc2F)c1)c1ccc2c(c1)OCCO2. The van der Waals surface area contributed by atoms with Gasteiger partial charge in [0.1, 0.15) is 19.0 Å². The van der Waals surface area contributed by atoms with Gasteiger partial charge in [0.05, 0.1) is 11.6 Å². The van der Waals surface area contributed by atoms with E-state index in [1.165, 1.54) is 18.2 Å². The first kappa shape index (κ1) is 22.3. The average Bonchev–Trinajstić information content (AvgIpc) is 2.83. The van der Waals surface area contributed by atoms with Crippen molar-refractivity contribution in [1.29, 1.82) is 0 Å². The summed E-state index contributed by atoms with van der Waals surface area (Å²) in [6, 6.07) is 16.2. The van der Waals surface area contributed by atoms with E-state index >= 15 is 0 Å². The maximum absolute atomic E-state index is 14.0. The highest BCUT2D eigenvalue weighted by molar-refractivity contribution is 6.05. The Morgan fingerprint density at radius 1 is 0.970 bits per heavy atom. The van der Waals surface area contributed by atoms with E-state index in [1.807, 2.05) is 32.0 Å². The van der Waals surface area contributed by atoms with Crippen LogP contribution in [0.15, 0.2) is 60.7 Å². The molecular weight excluding hydrogens is 423 g/mol. The molecule has 1 aliphatic heterocycles. The van der Waals surface area contributed by atoms with E-state index in [4.69, 9.17) is 9.47 Å². The standard InChI is InChI=1S/C26H25FN2O4/c1-3-21(17-10-11-23-24(15-17)33-13-12-32-23)28-25(30)18-9-8-16(2)22(14-18)29-26(31)19-6-4-5-7-20(19)27/h4-11,14-15,21H,3,12-13H2,1-2H3,(H,28,30)(H,29,31). The molecule has 1 heterocycles. The number of benzene rings is 3. The normalized spacial score (nSPS) is 13.2. The smallest absolute Gasteiger partial charge is 0.258 e. The summed E-state index contributed by atoms with van der Waals surface area (Å²) < 4.78 is 25.2. The first-order valence-electron chi connectivity index (χ1n) is 10.8. The molecule has 3 aromatic carbocycles. The fourth-order valence-corrected chi connectivity index (χ4v) is 3.67. The van der Waals surface area contributed by atoms with Gasteiger partial charge in [0.2, 0.25) is 0 Å². The van der Waals surface area contributed by atoms with E-state index in [0.29, 0.717) is 42.4 Å². The molecule has 0 bridgehead atoms. The second kappa shape index (κ2) is 9.73. The second-order valence-electron chi connectivity index (χ2n) is 7.80. The Kier molecular flexibility index (Phi) is 6.58. The minimum atomic E-state index is -0.605. The lowest BCUT2D eigenvalue weighted by atomic mass is 10.0. The highest BCUT2D eigenvalue weighted by Crippen LogP contribution is 2.33. The molecular formula is C26H25FN2O4. The fourth-order valence-electron chi connectivity index (χ4n) is 3.67. The average molecular weight is 448 g/mol. The van der Waals surface area contributed by atoms with Crippen molar-refractivity contribution in [1.82, 2.24) is 5.32 Å². The first-order chi connectivity index (χ1) is 16.0. The van der Waals surface area contributed by atoms with Crippen molar-refractivity contribution in [2.75, 3.05) is 18.5 Å². The first-order valence-corrected chi connectivity index (χ1v) is 10.8. The third-order valence-electron chi connectivity index (χ3n) is 5.55. The molecule has 33 heavy (non-hydrogen) atoms. The molecule has 2 amide bonds.